The fourth-order valence-corrected chi connectivity index (χ4v) is 4.94. The van der Waals surface area contributed by atoms with Crippen molar-refractivity contribution < 1.29 is 0 Å². The van der Waals surface area contributed by atoms with Crippen molar-refractivity contribution in [3.63, 3.8) is 0 Å². The minimum Gasteiger partial charge on any atom is -0.305 e. The molecular formula is C25H56N4. The third-order valence-corrected chi connectivity index (χ3v) is 7.08. The molecule has 0 bridgehead atoms. The van der Waals surface area contributed by atoms with Gasteiger partial charge in [0.25, 0.3) is 0 Å². The van der Waals surface area contributed by atoms with Crippen LogP contribution in [0.4, 0.5) is 0 Å². The maximum Gasteiger partial charge on any atom is 0.0260 e. The number of likely N-dealkylation sites (N-methyl/N-ethyl adjacent to an activating group) is 2. The fourth-order valence-electron chi connectivity index (χ4n) is 4.94. The van der Waals surface area contributed by atoms with E-state index in [9.17, 15) is 0 Å². The van der Waals surface area contributed by atoms with Crippen molar-refractivity contribution in [3.05, 3.63) is 0 Å². The van der Waals surface area contributed by atoms with Crippen LogP contribution < -0.4 is 0 Å². The summed E-state index contributed by atoms with van der Waals surface area (Å²) < 4.78 is 0. The third-order valence-electron chi connectivity index (χ3n) is 7.08. The zero-order valence-corrected chi connectivity index (χ0v) is 19.9. The van der Waals surface area contributed by atoms with Crippen molar-refractivity contribution in [1.82, 2.24) is 19.6 Å². The molecule has 3 saturated heterocycles. The predicted molar refractivity (Wildman–Crippen MR) is 132 cm³/mol. The van der Waals surface area contributed by atoms with Crippen molar-refractivity contribution in [2.75, 3.05) is 53.9 Å². The first-order valence-electron chi connectivity index (χ1n) is 11.3. The fraction of sp³-hybridized carbons (Fsp3) is 1.00. The number of nitrogens with zero attached hydrogens (tertiary/aromatic N) is 4. The van der Waals surface area contributed by atoms with Gasteiger partial charge in [0.1, 0.15) is 0 Å². The van der Waals surface area contributed by atoms with Crippen LogP contribution >= 0.6 is 0 Å². The molecule has 0 radical (unpaired) electrons. The first kappa shape index (κ1) is 28.8. The Balaban J connectivity index is 0.000000507. The van der Waals surface area contributed by atoms with Crippen molar-refractivity contribution in [2.45, 2.75) is 105 Å². The molecule has 0 spiro atoms. The first-order valence-corrected chi connectivity index (χ1v) is 11.3. The molecule has 0 aromatic heterocycles. The van der Waals surface area contributed by atoms with Crippen molar-refractivity contribution in [1.29, 1.82) is 0 Å². The second-order valence-electron chi connectivity index (χ2n) is 11.4. The highest BCUT2D eigenvalue weighted by atomic mass is 15.3. The van der Waals surface area contributed by atoms with Gasteiger partial charge in [-0.15, -0.1) is 0 Å². The van der Waals surface area contributed by atoms with Crippen LogP contribution in [-0.2, 0) is 0 Å². The Morgan fingerprint density at radius 1 is 0.724 bits per heavy atom. The number of hydrogen-bond acceptors (Lipinski definition) is 4. The van der Waals surface area contributed by atoms with Gasteiger partial charge in [0, 0.05) is 42.8 Å². The molecule has 3 aliphatic heterocycles. The van der Waals surface area contributed by atoms with Crippen LogP contribution in [0.5, 0.6) is 0 Å². The molecule has 3 fully saturated rings. The molecule has 0 N–H and O–H groups in total. The highest BCUT2D eigenvalue weighted by Crippen LogP contribution is 2.33. The van der Waals surface area contributed by atoms with Gasteiger partial charge in [-0.3, -0.25) is 9.80 Å². The van der Waals surface area contributed by atoms with E-state index in [1.807, 2.05) is 0 Å². The minimum atomic E-state index is 0. The normalized spacial score (nSPS) is 29.4. The van der Waals surface area contributed by atoms with Gasteiger partial charge in [-0.25, -0.2) is 0 Å². The summed E-state index contributed by atoms with van der Waals surface area (Å²) in [6, 6.07) is 1.59. The van der Waals surface area contributed by atoms with Crippen molar-refractivity contribution in [3.8, 4) is 0 Å². The van der Waals surface area contributed by atoms with E-state index < -0.39 is 0 Å². The van der Waals surface area contributed by atoms with Crippen LogP contribution in [0.25, 0.3) is 0 Å². The van der Waals surface area contributed by atoms with E-state index in [-0.39, 0.29) is 14.9 Å². The maximum absolute atomic E-state index is 2.66. The predicted octanol–water partition coefficient (Wildman–Crippen LogP) is 4.89. The average Bonchev–Trinajstić information content (AvgIpc) is 3.01. The average molecular weight is 413 g/mol. The minimum absolute atomic E-state index is 0. The smallest absolute Gasteiger partial charge is 0.0260 e. The molecular weight excluding hydrogens is 356 g/mol. The molecule has 0 saturated carbocycles. The topological polar surface area (TPSA) is 13.0 Å². The van der Waals surface area contributed by atoms with Crippen LogP contribution in [0.3, 0.4) is 0 Å². The number of rotatable bonds is 1. The van der Waals surface area contributed by atoms with E-state index in [4.69, 9.17) is 0 Å². The van der Waals surface area contributed by atoms with Crippen molar-refractivity contribution >= 4 is 0 Å². The van der Waals surface area contributed by atoms with Crippen molar-refractivity contribution in [2.24, 2.45) is 5.92 Å². The molecule has 4 nitrogen and oxygen atoms in total. The Bertz CT molecular complexity index is 449. The quantitative estimate of drug-likeness (QED) is 0.607. The Labute approximate surface area is 185 Å². The molecule has 0 amide bonds. The van der Waals surface area contributed by atoms with Crippen LogP contribution in [0, 0.1) is 5.92 Å². The summed E-state index contributed by atoms with van der Waals surface area (Å²) >= 11 is 0. The zero-order valence-electron chi connectivity index (χ0n) is 19.9. The Kier molecular flexibility index (Phi) is 11.4. The summed E-state index contributed by atoms with van der Waals surface area (Å²) in [4.78, 5) is 10.2. The Morgan fingerprint density at radius 2 is 1.28 bits per heavy atom. The molecule has 0 aromatic rings. The lowest BCUT2D eigenvalue weighted by molar-refractivity contribution is 0.0616. The SMILES string of the molecule is C.C.CN(C)C1CCCN(C(C)(C)C)C1.CN1CCCC2CN(C(C)(C)C)CC21. The molecule has 29 heavy (non-hydrogen) atoms. The van der Waals surface area contributed by atoms with Crippen LogP contribution in [-0.4, -0.2) is 96.6 Å². The van der Waals surface area contributed by atoms with Gasteiger partial charge in [0.15, 0.2) is 0 Å². The van der Waals surface area contributed by atoms with Gasteiger partial charge >= 0.3 is 0 Å². The molecule has 3 heterocycles. The molecule has 0 aliphatic carbocycles. The van der Waals surface area contributed by atoms with Crippen LogP contribution in [0.2, 0.25) is 0 Å². The van der Waals surface area contributed by atoms with E-state index in [1.54, 1.807) is 0 Å². The molecule has 3 atom stereocenters. The summed E-state index contributed by atoms with van der Waals surface area (Å²) in [5.41, 5.74) is 0.701. The van der Waals surface area contributed by atoms with Gasteiger partial charge < -0.3 is 9.80 Å². The second-order valence-corrected chi connectivity index (χ2v) is 11.4. The van der Waals surface area contributed by atoms with Gasteiger partial charge in [0.05, 0.1) is 0 Å². The first-order chi connectivity index (χ1) is 12.4. The van der Waals surface area contributed by atoms with Gasteiger partial charge in [-0.2, -0.15) is 0 Å². The Hall–Kier alpha value is -0.160. The second kappa shape index (κ2) is 11.5. The lowest BCUT2D eigenvalue weighted by Crippen LogP contribution is -2.52. The largest absolute Gasteiger partial charge is 0.305 e. The molecule has 176 valence electrons. The number of likely N-dealkylation sites (tertiary alicyclic amines) is 3. The standard InChI is InChI=1S/C12H24N2.C11H24N2.2CH4/c1-12(2,3)14-8-10-6-5-7-13(4)11(10)9-14;1-11(2,3)13-8-6-7-10(9-13)12(4)5;;/h10-11H,5-9H2,1-4H3;10H,6-9H2,1-5H3;2*1H4. The third kappa shape index (κ3) is 8.12. The molecule has 3 rings (SSSR count). The summed E-state index contributed by atoms with van der Waals surface area (Å²) in [6.45, 7) is 20.4. The highest BCUT2D eigenvalue weighted by molar-refractivity contribution is 4.96. The van der Waals surface area contributed by atoms with Gasteiger partial charge in [-0.1, -0.05) is 14.9 Å². The summed E-state index contributed by atoms with van der Waals surface area (Å²) in [7, 11) is 6.68. The number of piperidine rings is 2. The van der Waals surface area contributed by atoms with E-state index in [2.05, 4.69) is 82.3 Å². The summed E-state index contributed by atoms with van der Waals surface area (Å²) in [6.07, 6.45) is 5.55. The van der Waals surface area contributed by atoms with Gasteiger partial charge in [0.2, 0.25) is 0 Å². The Morgan fingerprint density at radius 3 is 1.76 bits per heavy atom. The molecule has 3 aliphatic rings. The highest BCUT2D eigenvalue weighted by Gasteiger charge is 2.40. The molecule has 4 heteroatoms. The lowest BCUT2D eigenvalue weighted by atomic mass is 9.93. The lowest BCUT2D eigenvalue weighted by Gasteiger charge is -2.43. The summed E-state index contributed by atoms with van der Waals surface area (Å²) in [5, 5.41) is 0. The zero-order chi connectivity index (χ0) is 20.4. The van der Waals surface area contributed by atoms with E-state index >= 15 is 0 Å². The maximum atomic E-state index is 2.66. The summed E-state index contributed by atoms with van der Waals surface area (Å²) in [5.74, 6) is 0.938. The molecule has 0 aromatic carbocycles. The number of hydrogen-bond donors (Lipinski definition) is 0. The number of fused-ring (bicyclic) bond motifs is 1. The monoisotopic (exact) mass is 412 g/mol. The van der Waals surface area contributed by atoms with Gasteiger partial charge in [-0.05, 0) is 107 Å². The van der Waals surface area contributed by atoms with Crippen LogP contribution in [0.15, 0.2) is 0 Å². The van der Waals surface area contributed by atoms with E-state index in [1.165, 1.54) is 58.4 Å². The van der Waals surface area contributed by atoms with Crippen LogP contribution in [0.1, 0.15) is 82.1 Å². The molecule has 3 unspecified atom stereocenters. The van der Waals surface area contributed by atoms with E-state index in [0.29, 0.717) is 11.1 Å². The van der Waals surface area contributed by atoms with E-state index in [0.717, 1.165) is 18.0 Å².